The Morgan fingerprint density at radius 2 is 1.96 bits per heavy atom. The van der Waals surface area contributed by atoms with E-state index in [0.29, 0.717) is 12.5 Å². The molecule has 3 rings (SSSR count). The molecule has 0 bridgehead atoms. The molecule has 1 fully saturated rings. The minimum atomic E-state index is 0.235. The molecule has 3 nitrogen and oxygen atoms in total. The van der Waals surface area contributed by atoms with Gasteiger partial charge in [0, 0.05) is 35.9 Å². The van der Waals surface area contributed by atoms with Crippen molar-refractivity contribution < 1.29 is 4.79 Å². The Bertz CT molecular complexity index is 718. The van der Waals surface area contributed by atoms with Crippen molar-refractivity contribution in [2.75, 3.05) is 6.54 Å². The highest BCUT2D eigenvalue weighted by Crippen LogP contribution is 2.27. The zero-order valence-corrected chi connectivity index (χ0v) is 16.4. The molecule has 0 spiro atoms. The Balaban J connectivity index is 1.73. The van der Waals surface area contributed by atoms with Crippen LogP contribution in [0.15, 0.2) is 42.6 Å². The SMILES string of the molecule is CCCCN(Cc1cccn1Cc1ccccc1Cl)C(=O)C1CCCC1. The monoisotopic (exact) mass is 372 g/mol. The third kappa shape index (κ3) is 4.70. The van der Waals surface area contributed by atoms with Gasteiger partial charge in [0.15, 0.2) is 0 Å². The van der Waals surface area contributed by atoms with Crippen LogP contribution in [0, 0.1) is 5.92 Å². The highest BCUT2D eigenvalue weighted by molar-refractivity contribution is 6.31. The van der Waals surface area contributed by atoms with Gasteiger partial charge in [0.1, 0.15) is 0 Å². The van der Waals surface area contributed by atoms with E-state index in [2.05, 4.69) is 40.8 Å². The van der Waals surface area contributed by atoms with Crippen LogP contribution in [0.25, 0.3) is 0 Å². The van der Waals surface area contributed by atoms with Gasteiger partial charge in [0.2, 0.25) is 5.91 Å². The topological polar surface area (TPSA) is 25.2 Å². The number of carbonyl (C=O) groups is 1. The second kappa shape index (κ2) is 9.27. The molecule has 1 heterocycles. The first-order valence-electron chi connectivity index (χ1n) is 9.85. The molecule has 0 saturated heterocycles. The highest BCUT2D eigenvalue weighted by Gasteiger charge is 2.27. The van der Waals surface area contributed by atoms with Gasteiger partial charge in [0.25, 0.3) is 0 Å². The first-order valence-corrected chi connectivity index (χ1v) is 10.2. The summed E-state index contributed by atoms with van der Waals surface area (Å²) in [6, 6.07) is 12.1. The normalized spacial score (nSPS) is 14.7. The summed E-state index contributed by atoms with van der Waals surface area (Å²) in [6.07, 6.45) is 8.75. The Morgan fingerprint density at radius 3 is 2.69 bits per heavy atom. The third-order valence-corrected chi connectivity index (χ3v) is 5.74. The van der Waals surface area contributed by atoms with Gasteiger partial charge in [-0.2, -0.15) is 0 Å². The molecule has 4 heteroatoms. The quantitative estimate of drug-likeness (QED) is 0.599. The van der Waals surface area contributed by atoms with E-state index in [4.69, 9.17) is 11.6 Å². The van der Waals surface area contributed by atoms with Crippen molar-refractivity contribution in [2.24, 2.45) is 5.92 Å². The van der Waals surface area contributed by atoms with Crippen LogP contribution < -0.4 is 0 Å². The molecule has 26 heavy (non-hydrogen) atoms. The number of rotatable bonds is 8. The minimum Gasteiger partial charge on any atom is -0.345 e. The van der Waals surface area contributed by atoms with E-state index in [1.807, 2.05) is 18.2 Å². The fourth-order valence-corrected chi connectivity index (χ4v) is 4.00. The second-order valence-corrected chi connectivity index (χ2v) is 7.72. The summed E-state index contributed by atoms with van der Waals surface area (Å²) in [4.78, 5) is 15.1. The maximum atomic E-state index is 13.0. The molecule has 1 saturated carbocycles. The van der Waals surface area contributed by atoms with E-state index in [9.17, 15) is 4.79 Å². The van der Waals surface area contributed by atoms with Crippen LogP contribution in [-0.2, 0) is 17.9 Å². The predicted octanol–water partition coefficient (Wildman–Crippen LogP) is 5.51. The maximum absolute atomic E-state index is 13.0. The van der Waals surface area contributed by atoms with Gasteiger partial charge in [-0.25, -0.2) is 0 Å². The summed E-state index contributed by atoms with van der Waals surface area (Å²) in [6.45, 7) is 4.45. The number of unbranched alkanes of at least 4 members (excludes halogenated alkanes) is 1. The molecule has 1 aromatic carbocycles. The largest absolute Gasteiger partial charge is 0.345 e. The van der Waals surface area contributed by atoms with E-state index >= 15 is 0 Å². The molecular weight excluding hydrogens is 344 g/mol. The summed E-state index contributed by atoms with van der Waals surface area (Å²) < 4.78 is 2.21. The van der Waals surface area contributed by atoms with Crippen molar-refractivity contribution in [1.82, 2.24) is 9.47 Å². The van der Waals surface area contributed by atoms with Gasteiger partial charge in [-0.1, -0.05) is 56.0 Å². The number of amides is 1. The van der Waals surface area contributed by atoms with E-state index in [1.165, 1.54) is 18.5 Å². The second-order valence-electron chi connectivity index (χ2n) is 7.31. The molecule has 0 N–H and O–H groups in total. The van der Waals surface area contributed by atoms with Crippen LogP contribution in [0.2, 0.25) is 5.02 Å². The summed E-state index contributed by atoms with van der Waals surface area (Å²) in [5.74, 6) is 0.584. The van der Waals surface area contributed by atoms with E-state index in [0.717, 1.165) is 49.4 Å². The maximum Gasteiger partial charge on any atom is 0.226 e. The van der Waals surface area contributed by atoms with Crippen molar-refractivity contribution in [3.05, 3.63) is 58.9 Å². The summed E-state index contributed by atoms with van der Waals surface area (Å²) in [5, 5.41) is 0.789. The van der Waals surface area contributed by atoms with Gasteiger partial charge in [0.05, 0.1) is 6.54 Å². The van der Waals surface area contributed by atoms with Crippen LogP contribution in [0.5, 0.6) is 0 Å². The van der Waals surface area contributed by atoms with Crippen LogP contribution in [0.1, 0.15) is 56.7 Å². The smallest absolute Gasteiger partial charge is 0.226 e. The third-order valence-electron chi connectivity index (χ3n) is 5.37. The highest BCUT2D eigenvalue weighted by atomic mass is 35.5. The van der Waals surface area contributed by atoms with Gasteiger partial charge in [-0.3, -0.25) is 4.79 Å². The molecule has 0 atom stereocenters. The van der Waals surface area contributed by atoms with Gasteiger partial charge in [-0.05, 0) is 43.0 Å². The summed E-state index contributed by atoms with van der Waals surface area (Å²) in [7, 11) is 0. The van der Waals surface area contributed by atoms with E-state index < -0.39 is 0 Å². The number of carbonyl (C=O) groups excluding carboxylic acids is 1. The number of hydrogen-bond donors (Lipinski definition) is 0. The molecule has 1 amide bonds. The van der Waals surface area contributed by atoms with Crippen molar-refractivity contribution in [1.29, 1.82) is 0 Å². The number of nitrogens with zero attached hydrogens (tertiary/aromatic N) is 2. The molecule has 2 aromatic rings. The average molecular weight is 373 g/mol. The zero-order valence-electron chi connectivity index (χ0n) is 15.7. The fraction of sp³-hybridized carbons (Fsp3) is 0.500. The lowest BCUT2D eigenvalue weighted by Gasteiger charge is -2.26. The number of benzene rings is 1. The lowest BCUT2D eigenvalue weighted by molar-refractivity contribution is -0.136. The van der Waals surface area contributed by atoms with E-state index in [1.54, 1.807) is 0 Å². The van der Waals surface area contributed by atoms with Crippen LogP contribution in [0.3, 0.4) is 0 Å². The molecule has 140 valence electrons. The van der Waals surface area contributed by atoms with Crippen LogP contribution in [0.4, 0.5) is 0 Å². The Morgan fingerprint density at radius 1 is 1.19 bits per heavy atom. The van der Waals surface area contributed by atoms with Crippen molar-refractivity contribution in [2.45, 2.75) is 58.5 Å². The molecule has 0 unspecified atom stereocenters. The Labute approximate surface area is 162 Å². The Hall–Kier alpha value is -1.74. The number of hydrogen-bond acceptors (Lipinski definition) is 1. The predicted molar refractivity (Wildman–Crippen MR) is 107 cm³/mol. The van der Waals surface area contributed by atoms with Crippen LogP contribution >= 0.6 is 11.6 Å². The molecule has 0 radical (unpaired) electrons. The summed E-state index contributed by atoms with van der Waals surface area (Å²) in [5.41, 5.74) is 2.28. The molecular formula is C22H29ClN2O. The van der Waals surface area contributed by atoms with Gasteiger partial charge in [-0.15, -0.1) is 0 Å². The lowest BCUT2D eigenvalue weighted by Crippen LogP contribution is -2.36. The molecule has 1 aromatic heterocycles. The van der Waals surface area contributed by atoms with Crippen molar-refractivity contribution >= 4 is 17.5 Å². The van der Waals surface area contributed by atoms with Crippen molar-refractivity contribution in [3.8, 4) is 0 Å². The van der Waals surface area contributed by atoms with Crippen molar-refractivity contribution in [3.63, 3.8) is 0 Å². The average Bonchev–Trinajstić information content (AvgIpc) is 3.32. The number of aromatic nitrogens is 1. The molecule has 1 aliphatic carbocycles. The summed E-state index contributed by atoms with van der Waals surface area (Å²) >= 11 is 6.33. The lowest BCUT2D eigenvalue weighted by atomic mass is 10.1. The first-order chi connectivity index (χ1) is 12.7. The first kappa shape index (κ1) is 19.0. The van der Waals surface area contributed by atoms with E-state index in [-0.39, 0.29) is 5.92 Å². The van der Waals surface area contributed by atoms with Gasteiger partial charge < -0.3 is 9.47 Å². The fourth-order valence-electron chi connectivity index (χ4n) is 3.80. The number of halogens is 1. The minimum absolute atomic E-state index is 0.235. The standard InChI is InChI=1S/C22H29ClN2O/c1-2-3-14-25(22(26)18-9-4-5-10-18)17-20-12-8-15-24(20)16-19-11-6-7-13-21(19)23/h6-8,11-13,15,18H,2-5,9-10,14,16-17H2,1H3. The van der Waals surface area contributed by atoms with Gasteiger partial charge >= 0.3 is 0 Å². The Kier molecular flexibility index (Phi) is 6.79. The molecule has 0 aliphatic heterocycles. The molecule has 1 aliphatic rings. The zero-order chi connectivity index (χ0) is 18.4. The van der Waals surface area contributed by atoms with Crippen LogP contribution in [-0.4, -0.2) is 21.9 Å².